The molecule has 0 amide bonds. The summed E-state index contributed by atoms with van der Waals surface area (Å²) in [5, 5.41) is 3.12. The van der Waals surface area contributed by atoms with Crippen molar-refractivity contribution in [2.75, 3.05) is 11.9 Å². The maximum atomic E-state index is 4.46. The number of nitrogens with one attached hydrogen (secondary N) is 1. The quantitative estimate of drug-likeness (QED) is 0.846. The van der Waals surface area contributed by atoms with E-state index in [4.69, 9.17) is 0 Å². The fourth-order valence-corrected chi connectivity index (χ4v) is 1.85. The number of imidazole rings is 1. The molecule has 2 heterocycles. The molecule has 2 rings (SSSR count). The van der Waals surface area contributed by atoms with Gasteiger partial charge in [0, 0.05) is 38.1 Å². The molecule has 5 heteroatoms. The van der Waals surface area contributed by atoms with Crippen LogP contribution in [0, 0.1) is 0 Å². The molecular formula is C13H19N5. The normalized spacial score (nSPS) is 10.6. The average Bonchev–Trinajstić information content (AvgIpc) is 2.78. The minimum Gasteiger partial charge on any atom is -0.354 e. The van der Waals surface area contributed by atoms with Crippen LogP contribution in [0.4, 0.5) is 5.95 Å². The van der Waals surface area contributed by atoms with Gasteiger partial charge in [-0.1, -0.05) is 6.92 Å². The predicted octanol–water partition coefficient (Wildman–Crippen LogP) is 2.11. The molecule has 0 saturated heterocycles. The zero-order valence-corrected chi connectivity index (χ0v) is 10.9. The van der Waals surface area contributed by atoms with E-state index in [-0.39, 0.29) is 0 Å². The van der Waals surface area contributed by atoms with Crippen LogP contribution in [0.5, 0.6) is 0 Å². The van der Waals surface area contributed by atoms with Crippen molar-refractivity contribution < 1.29 is 0 Å². The van der Waals surface area contributed by atoms with Crippen molar-refractivity contribution in [3.63, 3.8) is 0 Å². The van der Waals surface area contributed by atoms with Gasteiger partial charge in [-0.2, -0.15) is 0 Å². The molecule has 0 fully saturated rings. The van der Waals surface area contributed by atoms with E-state index >= 15 is 0 Å². The van der Waals surface area contributed by atoms with Crippen LogP contribution in [-0.4, -0.2) is 26.1 Å². The number of aryl methyl sites for hydroxylation is 1. The molecule has 0 spiro atoms. The topological polar surface area (TPSA) is 55.6 Å². The Morgan fingerprint density at radius 1 is 1.22 bits per heavy atom. The molecule has 0 aromatic carbocycles. The molecule has 0 bridgehead atoms. The molecule has 0 unspecified atom stereocenters. The predicted molar refractivity (Wildman–Crippen MR) is 71.5 cm³/mol. The van der Waals surface area contributed by atoms with Crippen molar-refractivity contribution >= 4 is 5.95 Å². The van der Waals surface area contributed by atoms with Crippen LogP contribution < -0.4 is 5.32 Å². The lowest BCUT2D eigenvalue weighted by molar-refractivity contribution is 0.644. The molecule has 0 aliphatic heterocycles. The third-order valence-electron chi connectivity index (χ3n) is 2.65. The lowest BCUT2D eigenvalue weighted by Gasteiger charge is -2.07. The Labute approximate surface area is 107 Å². The Kier molecular flexibility index (Phi) is 4.28. The Bertz CT molecular complexity index is 492. The van der Waals surface area contributed by atoms with Crippen molar-refractivity contribution in [2.45, 2.75) is 33.2 Å². The summed E-state index contributed by atoms with van der Waals surface area (Å²) >= 11 is 0. The van der Waals surface area contributed by atoms with Crippen molar-refractivity contribution in [2.24, 2.45) is 0 Å². The summed E-state index contributed by atoms with van der Waals surface area (Å²) in [5.41, 5.74) is 0.990. The van der Waals surface area contributed by atoms with Crippen LogP contribution in [0.25, 0.3) is 0 Å². The Morgan fingerprint density at radius 3 is 2.89 bits per heavy atom. The summed E-state index contributed by atoms with van der Waals surface area (Å²) in [5.74, 6) is 1.74. The van der Waals surface area contributed by atoms with E-state index in [0.717, 1.165) is 37.4 Å². The first kappa shape index (κ1) is 12.5. The van der Waals surface area contributed by atoms with Crippen LogP contribution in [0.15, 0.2) is 24.7 Å². The lowest BCUT2D eigenvalue weighted by Crippen LogP contribution is -2.07. The Hall–Kier alpha value is -1.91. The van der Waals surface area contributed by atoms with Gasteiger partial charge in [0.25, 0.3) is 0 Å². The molecule has 2 aromatic heterocycles. The first-order valence-corrected chi connectivity index (χ1v) is 6.39. The summed E-state index contributed by atoms with van der Waals surface area (Å²) in [7, 11) is 0. The van der Waals surface area contributed by atoms with Crippen molar-refractivity contribution in [1.29, 1.82) is 0 Å². The highest BCUT2D eigenvalue weighted by atomic mass is 15.1. The van der Waals surface area contributed by atoms with Gasteiger partial charge >= 0.3 is 0 Å². The summed E-state index contributed by atoms with van der Waals surface area (Å²) < 4.78 is 2.18. The van der Waals surface area contributed by atoms with E-state index in [1.807, 2.05) is 25.4 Å². The molecule has 1 N–H and O–H groups in total. The molecular weight excluding hydrogens is 226 g/mol. The van der Waals surface area contributed by atoms with Gasteiger partial charge in [0.05, 0.1) is 5.69 Å². The second-order valence-electron chi connectivity index (χ2n) is 4.12. The van der Waals surface area contributed by atoms with E-state index in [0.29, 0.717) is 5.95 Å². The summed E-state index contributed by atoms with van der Waals surface area (Å²) in [4.78, 5) is 13.0. The van der Waals surface area contributed by atoms with E-state index < -0.39 is 0 Å². The molecule has 0 aliphatic rings. The molecule has 2 aromatic rings. The minimum absolute atomic E-state index is 0.684. The van der Waals surface area contributed by atoms with E-state index in [2.05, 4.69) is 31.8 Å². The first-order chi connectivity index (χ1) is 8.83. The number of hydrogen-bond donors (Lipinski definition) is 1. The average molecular weight is 245 g/mol. The first-order valence-electron chi connectivity index (χ1n) is 6.39. The van der Waals surface area contributed by atoms with Crippen molar-refractivity contribution in [3.8, 4) is 0 Å². The second kappa shape index (κ2) is 6.14. The van der Waals surface area contributed by atoms with Gasteiger partial charge < -0.3 is 9.88 Å². The fraction of sp³-hybridized carbons (Fsp3) is 0.462. The standard InChI is InChI=1S/C13H19N5/c1-3-8-18-9-7-15-12(18)10-11-5-6-16-13(17-11)14-4-2/h5-7,9H,3-4,8,10H2,1-2H3,(H,14,16,17). The van der Waals surface area contributed by atoms with Crippen LogP contribution in [0.1, 0.15) is 31.8 Å². The smallest absolute Gasteiger partial charge is 0.222 e. The van der Waals surface area contributed by atoms with Crippen molar-refractivity contribution in [1.82, 2.24) is 19.5 Å². The number of nitrogens with zero attached hydrogens (tertiary/aromatic N) is 4. The monoisotopic (exact) mass is 245 g/mol. The van der Waals surface area contributed by atoms with E-state index in [1.165, 1.54) is 0 Å². The van der Waals surface area contributed by atoms with E-state index in [1.54, 1.807) is 6.20 Å². The molecule has 96 valence electrons. The van der Waals surface area contributed by atoms with Gasteiger partial charge in [-0.25, -0.2) is 15.0 Å². The number of aromatic nitrogens is 4. The van der Waals surface area contributed by atoms with Crippen LogP contribution in [-0.2, 0) is 13.0 Å². The Balaban J connectivity index is 2.12. The van der Waals surface area contributed by atoms with Crippen molar-refractivity contribution in [3.05, 3.63) is 36.2 Å². The summed E-state index contributed by atoms with van der Waals surface area (Å²) in [6, 6.07) is 1.94. The molecule has 0 saturated carbocycles. The third-order valence-corrected chi connectivity index (χ3v) is 2.65. The van der Waals surface area contributed by atoms with E-state index in [9.17, 15) is 0 Å². The highest BCUT2D eigenvalue weighted by Gasteiger charge is 2.05. The fourth-order valence-electron chi connectivity index (χ4n) is 1.85. The van der Waals surface area contributed by atoms with Crippen LogP contribution in [0.3, 0.4) is 0 Å². The SMILES string of the molecule is CCCn1ccnc1Cc1ccnc(NCC)n1. The van der Waals surface area contributed by atoms with Gasteiger partial charge in [-0.15, -0.1) is 0 Å². The van der Waals surface area contributed by atoms with Crippen LogP contribution >= 0.6 is 0 Å². The summed E-state index contributed by atoms with van der Waals surface area (Å²) in [6.45, 7) is 6.02. The highest BCUT2D eigenvalue weighted by molar-refractivity contribution is 5.25. The van der Waals surface area contributed by atoms with Gasteiger partial charge in [0.15, 0.2) is 0 Å². The highest BCUT2D eigenvalue weighted by Crippen LogP contribution is 2.08. The minimum atomic E-state index is 0.684. The Morgan fingerprint density at radius 2 is 2.11 bits per heavy atom. The van der Waals surface area contributed by atoms with Gasteiger partial charge in [-0.3, -0.25) is 0 Å². The largest absolute Gasteiger partial charge is 0.354 e. The molecule has 0 aliphatic carbocycles. The van der Waals surface area contributed by atoms with Gasteiger partial charge in [0.1, 0.15) is 5.82 Å². The van der Waals surface area contributed by atoms with Gasteiger partial charge in [0.2, 0.25) is 5.95 Å². The number of anilines is 1. The zero-order valence-electron chi connectivity index (χ0n) is 10.9. The maximum absolute atomic E-state index is 4.46. The second-order valence-corrected chi connectivity index (χ2v) is 4.12. The molecule has 0 atom stereocenters. The molecule has 5 nitrogen and oxygen atoms in total. The zero-order chi connectivity index (χ0) is 12.8. The van der Waals surface area contributed by atoms with Crippen LogP contribution in [0.2, 0.25) is 0 Å². The maximum Gasteiger partial charge on any atom is 0.222 e. The van der Waals surface area contributed by atoms with Gasteiger partial charge in [-0.05, 0) is 19.4 Å². The number of rotatable bonds is 6. The molecule has 0 radical (unpaired) electrons. The third kappa shape index (κ3) is 3.06. The molecule has 18 heavy (non-hydrogen) atoms. The number of hydrogen-bond acceptors (Lipinski definition) is 4. The summed E-state index contributed by atoms with van der Waals surface area (Å²) in [6.07, 6.45) is 7.50. The lowest BCUT2D eigenvalue weighted by atomic mass is 10.3.